The lowest BCUT2D eigenvalue weighted by Gasteiger charge is -2.29. The van der Waals surface area contributed by atoms with Gasteiger partial charge in [-0.15, -0.1) is 5.10 Å². The molecular weight excluding hydrogens is 668 g/mol. The number of hydrogen-bond acceptors (Lipinski definition) is 9. The number of aliphatic carboxylic acids is 1. The summed E-state index contributed by atoms with van der Waals surface area (Å²) < 4.78 is 47.5. The number of hydrazine groups is 1. The van der Waals surface area contributed by atoms with Gasteiger partial charge < -0.3 is 14.7 Å². The number of rotatable bonds is 9. The van der Waals surface area contributed by atoms with E-state index in [4.69, 9.17) is 14.7 Å². The summed E-state index contributed by atoms with van der Waals surface area (Å²) in [7, 11) is 1.87. The van der Waals surface area contributed by atoms with E-state index in [1.165, 1.54) is 22.7 Å². The Balaban J connectivity index is 1.72. The number of fused-ring (bicyclic) bond motifs is 3. The van der Waals surface area contributed by atoms with E-state index in [9.17, 15) is 23.1 Å². The van der Waals surface area contributed by atoms with Gasteiger partial charge in [-0.2, -0.15) is 18.0 Å². The number of carboxylic acid groups (broad SMARTS) is 1. The molecule has 0 spiro atoms. The summed E-state index contributed by atoms with van der Waals surface area (Å²) in [5.74, 6) is 0.450. The van der Waals surface area contributed by atoms with E-state index in [2.05, 4.69) is 20.9 Å². The maximum absolute atomic E-state index is 13.5. The molecule has 0 unspecified atom stereocenters. The molecule has 0 fully saturated rings. The zero-order valence-corrected chi connectivity index (χ0v) is 30.4. The summed E-state index contributed by atoms with van der Waals surface area (Å²) in [6.07, 6.45) is 4.05. The molecule has 3 aromatic rings. The number of hydrogen-bond donors (Lipinski definition) is 2. The number of carboxylic acids is 1. The van der Waals surface area contributed by atoms with Crippen molar-refractivity contribution in [2.45, 2.75) is 84.3 Å². The molecule has 0 amide bonds. The average molecular weight is 716 g/mol. The van der Waals surface area contributed by atoms with Crippen LogP contribution in [0.2, 0.25) is 0 Å². The van der Waals surface area contributed by atoms with Crippen molar-refractivity contribution in [3.8, 4) is 5.88 Å². The number of pyridine rings is 1. The minimum absolute atomic E-state index is 0.0514. The van der Waals surface area contributed by atoms with Crippen molar-refractivity contribution >= 4 is 41.5 Å². The summed E-state index contributed by atoms with van der Waals surface area (Å²) in [6, 6.07) is 15.4. The van der Waals surface area contributed by atoms with Crippen LogP contribution < -0.4 is 14.5 Å². The van der Waals surface area contributed by atoms with Gasteiger partial charge in [-0.3, -0.25) is 9.80 Å². The van der Waals surface area contributed by atoms with E-state index in [1.54, 1.807) is 33.2 Å². The van der Waals surface area contributed by atoms with Gasteiger partial charge in [-0.25, -0.2) is 14.7 Å². The highest BCUT2D eigenvalue weighted by Gasteiger charge is 2.48. The minimum atomic E-state index is -4.43. The van der Waals surface area contributed by atoms with Gasteiger partial charge in [0.05, 0.1) is 10.8 Å². The Bertz CT molecular complexity index is 1660. The van der Waals surface area contributed by atoms with E-state index >= 15 is 0 Å². The second-order valence-electron chi connectivity index (χ2n) is 13.7. The number of aryl methyl sites for hydroxylation is 1. The molecule has 272 valence electrons. The van der Waals surface area contributed by atoms with Crippen LogP contribution in [0.25, 0.3) is 11.5 Å². The lowest BCUT2D eigenvalue weighted by atomic mass is 9.89. The molecular formula is C36H48F3N7O3S. The van der Waals surface area contributed by atoms with Crippen LogP contribution in [-0.4, -0.2) is 70.0 Å². The van der Waals surface area contributed by atoms with E-state index in [1.807, 2.05) is 48.5 Å². The zero-order valence-electron chi connectivity index (χ0n) is 29.6. The van der Waals surface area contributed by atoms with Crippen LogP contribution in [0.4, 0.5) is 19.0 Å². The predicted molar refractivity (Wildman–Crippen MR) is 193 cm³/mol. The first-order valence-electron chi connectivity index (χ1n) is 16.8. The molecule has 2 bridgehead atoms. The maximum atomic E-state index is 13.5. The summed E-state index contributed by atoms with van der Waals surface area (Å²) in [5.41, 5.74) is -0.175. The predicted octanol–water partition coefficient (Wildman–Crippen LogP) is 8.19. The molecule has 0 saturated carbocycles. The molecule has 3 heterocycles. The Morgan fingerprint density at radius 2 is 1.80 bits per heavy atom. The SMILES string of the molecule is C/C=N\C(=C1\c2ccccc2CCCCCCN(CCC(C)(C)C(=O)O)c2cccc(n2)SNN1C)n1ccc(OCC(C)(C)C(F)(F)F)n1. The standard InChI is InChI=1S/C36H48F3N7O3S/c1-7-40-32(46-23-20-29(42-46)49-25-35(4,5)36(37,38)39)31-27-17-12-11-16-26(27)15-10-8-9-13-22-45(24-21-34(2,3)33(47)48)28-18-14-19-30(41-28)50-43-44(31)6/h7,11-12,14,16-20,23,43H,8-10,13,15,21-22,24-25H2,1-6H3,(H,47,48)/b32-31+,40-7-. The van der Waals surface area contributed by atoms with Crippen LogP contribution in [0.5, 0.6) is 5.88 Å². The number of nitrogens with one attached hydrogen (secondary N) is 1. The van der Waals surface area contributed by atoms with Crippen molar-refractivity contribution in [2.75, 3.05) is 31.6 Å². The lowest BCUT2D eigenvalue weighted by molar-refractivity contribution is -0.219. The van der Waals surface area contributed by atoms with E-state index in [-0.39, 0.29) is 5.88 Å². The third kappa shape index (κ3) is 10.0. The molecule has 50 heavy (non-hydrogen) atoms. The zero-order chi connectivity index (χ0) is 36.5. The van der Waals surface area contributed by atoms with Gasteiger partial charge >= 0.3 is 12.1 Å². The number of carbonyl (C=O) groups is 1. The third-order valence-corrected chi connectivity index (χ3v) is 9.53. The highest BCUT2D eigenvalue weighted by Crippen LogP contribution is 2.38. The van der Waals surface area contributed by atoms with Crippen LogP contribution in [0.3, 0.4) is 0 Å². The summed E-state index contributed by atoms with van der Waals surface area (Å²) >= 11 is 1.31. The molecule has 2 aromatic heterocycles. The number of benzene rings is 1. The summed E-state index contributed by atoms with van der Waals surface area (Å²) in [4.78, 5) is 27.0. The fourth-order valence-corrected chi connectivity index (χ4v) is 5.85. The monoisotopic (exact) mass is 715 g/mol. The van der Waals surface area contributed by atoms with Gasteiger partial charge in [0.2, 0.25) is 5.88 Å². The maximum Gasteiger partial charge on any atom is 0.397 e. The smallest absolute Gasteiger partial charge is 0.397 e. The molecule has 1 aromatic carbocycles. The molecule has 0 atom stereocenters. The Morgan fingerprint density at radius 3 is 2.52 bits per heavy atom. The Hall–Kier alpha value is -4.04. The fraction of sp³-hybridized carbons (Fsp3) is 0.500. The number of aliphatic imine (C=N–C) groups is 1. The second-order valence-corrected chi connectivity index (χ2v) is 14.5. The van der Waals surface area contributed by atoms with E-state index < -0.39 is 29.6 Å². The van der Waals surface area contributed by atoms with Gasteiger partial charge in [0.25, 0.3) is 0 Å². The van der Waals surface area contributed by atoms with Crippen molar-refractivity contribution in [1.82, 2.24) is 24.6 Å². The normalized spacial score (nSPS) is 16.7. The molecule has 0 aliphatic carbocycles. The molecule has 1 aliphatic heterocycles. The number of ether oxygens (including phenoxy) is 1. The average Bonchev–Trinajstić information content (AvgIpc) is 3.54. The molecule has 4 rings (SSSR count). The molecule has 2 N–H and O–H groups in total. The van der Waals surface area contributed by atoms with Crippen LogP contribution in [-0.2, 0) is 11.2 Å². The summed E-state index contributed by atoms with van der Waals surface area (Å²) in [5, 5.41) is 16.7. The Morgan fingerprint density at radius 1 is 1.06 bits per heavy atom. The van der Waals surface area contributed by atoms with Gasteiger partial charge in [0, 0.05) is 44.2 Å². The Labute approximate surface area is 296 Å². The van der Waals surface area contributed by atoms with E-state index in [0.29, 0.717) is 29.5 Å². The summed E-state index contributed by atoms with van der Waals surface area (Å²) in [6.45, 7) is 8.22. The highest BCUT2D eigenvalue weighted by molar-refractivity contribution is 7.97. The van der Waals surface area contributed by atoms with Crippen molar-refractivity contribution in [3.63, 3.8) is 0 Å². The topological polar surface area (TPSA) is 108 Å². The molecule has 0 radical (unpaired) electrons. The Kier molecular flexibility index (Phi) is 13.0. The van der Waals surface area contributed by atoms with Crippen LogP contribution in [0.1, 0.15) is 77.8 Å². The van der Waals surface area contributed by atoms with Crippen molar-refractivity contribution in [3.05, 3.63) is 65.9 Å². The van der Waals surface area contributed by atoms with Gasteiger partial charge in [-0.05, 0) is 89.9 Å². The third-order valence-electron chi connectivity index (χ3n) is 8.73. The van der Waals surface area contributed by atoms with Gasteiger partial charge in [-0.1, -0.05) is 43.2 Å². The van der Waals surface area contributed by atoms with Crippen molar-refractivity contribution < 1.29 is 27.8 Å². The molecule has 10 nitrogen and oxygen atoms in total. The van der Waals surface area contributed by atoms with E-state index in [0.717, 1.165) is 69.4 Å². The number of halogens is 3. The van der Waals surface area contributed by atoms with Crippen LogP contribution in [0, 0.1) is 10.8 Å². The number of aromatic nitrogens is 3. The quantitative estimate of drug-likeness (QED) is 0.168. The highest BCUT2D eigenvalue weighted by atomic mass is 32.2. The van der Waals surface area contributed by atoms with Crippen LogP contribution in [0.15, 0.2) is 64.7 Å². The first kappa shape index (κ1) is 38.8. The van der Waals surface area contributed by atoms with Crippen molar-refractivity contribution in [1.29, 1.82) is 0 Å². The molecule has 1 aliphatic rings. The number of anilines is 1. The largest absolute Gasteiger partial charge is 0.481 e. The lowest BCUT2D eigenvalue weighted by Crippen LogP contribution is -2.37. The van der Waals surface area contributed by atoms with Gasteiger partial charge in [0.1, 0.15) is 23.1 Å². The number of nitrogens with zero attached hydrogens (tertiary/aromatic N) is 6. The van der Waals surface area contributed by atoms with Crippen molar-refractivity contribution in [2.24, 2.45) is 15.8 Å². The molecule has 14 heteroatoms. The van der Waals surface area contributed by atoms with Gasteiger partial charge in [0.15, 0.2) is 5.82 Å². The number of alkyl halides is 3. The first-order chi connectivity index (χ1) is 23.6. The fourth-order valence-electron chi connectivity index (χ4n) is 5.24. The minimum Gasteiger partial charge on any atom is -0.481 e. The molecule has 0 saturated heterocycles. The first-order valence-corrected chi connectivity index (χ1v) is 17.6. The van der Waals surface area contributed by atoms with Crippen LogP contribution >= 0.6 is 11.9 Å². The second kappa shape index (κ2) is 16.8.